The average Bonchev–Trinajstić information content (AvgIpc) is 2.98. The predicted molar refractivity (Wildman–Crippen MR) is 71.2 cm³/mol. The summed E-state index contributed by atoms with van der Waals surface area (Å²) in [6, 6.07) is 3.93. The van der Waals surface area contributed by atoms with Crippen molar-refractivity contribution in [3.63, 3.8) is 0 Å². The predicted octanol–water partition coefficient (Wildman–Crippen LogP) is 1.54. The van der Waals surface area contributed by atoms with Crippen molar-refractivity contribution in [2.24, 2.45) is 0 Å². The van der Waals surface area contributed by atoms with E-state index in [9.17, 15) is 15.2 Å². The van der Waals surface area contributed by atoms with Gasteiger partial charge in [-0.1, -0.05) is 0 Å². The third-order valence-electron chi connectivity index (χ3n) is 2.72. The number of hydrogen-bond donors (Lipinski definition) is 2. The lowest BCUT2D eigenvalue weighted by Crippen LogP contribution is -1.90. The molecule has 0 atom stereocenters. The highest BCUT2D eigenvalue weighted by Gasteiger charge is 2.16. The van der Waals surface area contributed by atoms with Gasteiger partial charge >= 0.3 is 5.69 Å². The second-order valence-electron chi connectivity index (χ2n) is 4.06. The van der Waals surface area contributed by atoms with Gasteiger partial charge in [0, 0.05) is 24.0 Å². The van der Waals surface area contributed by atoms with Crippen LogP contribution < -0.4 is 0 Å². The lowest BCUT2D eigenvalue weighted by Gasteiger charge is -1.98. The topological polar surface area (TPSA) is 131 Å². The summed E-state index contributed by atoms with van der Waals surface area (Å²) in [5.41, 5.74) is 0.508. The first-order chi connectivity index (χ1) is 10.1. The number of H-pyrrole nitrogens is 1. The Kier molecular flexibility index (Phi) is 2.99. The van der Waals surface area contributed by atoms with E-state index in [1.54, 1.807) is 0 Å². The fraction of sp³-hybridized carbons (Fsp3) is 0. The highest BCUT2D eigenvalue weighted by Crippen LogP contribution is 2.30. The minimum atomic E-state index is -0.672. The number of rotatable bonds is 3. The maximum Gasteiger partial charge on any atom is 0.311 e. The zero-order chi connectivity index (χ0) is 14.8. The van der Waals surface area contributed by atoms with Gasteiger partial charge in [-0.3, -0.25) is 20.2 Å². The summed E-state index contributed by atoms with van der Waals surface area (Å²) in [6.07, 6.45) is 4.57. The lowest BCUT2D eigenvalue weighted by atomic mass is 10.2. The van der Waals surface area contributed by atoms with Gasteiger partial charge in [0.25, 0.3) is 0 Å². The molecule has 9 nitrogen and oxygen atoms in total. The van der Waals surface area contributed by atoms with E-state index < -0.39 is 16.4 Å². The van der Waals surface area contributed by atoms with E-state index in [0.29, 0.717) is 17.1 Å². The quantitative estimate of drug-likeness (QED) is 0.550. The Morgan fingerprint density at radius 2 is 2.14 bits per heavy atom. The summed E-state index contributed by atoms with van der Waals surface area (Å²) in [5.74, 6) is 0.251. The minimum Gasteiger partial charge on any atom is -0.502 e. The van der Waals surface area contributed by atoms with Crippen LogP contribution in [-0.2, 0) is 0 Å². The second-order valence-corrected chi connectivity index (χ2v) is 4.06. The van der Waals surface area contributed by atoms with Crippen LogP contribution in [-0.4, -0.2) is 35.2 Å². The van der Waals surface area contributed by atoms with Crippen LogP contribution in [0.25, 0.3) is 22.9 Å². The summed E-state index contributed by atoms with van der Waals surface area (Å²) in [7, 11) is 0. The highest BCUT2D eigenvalue weighted by atomic mass is 16.6. The molecule has 2 heterocycles. The third-order valence-corrected chi connectivity index (χ3v) is 2.72. The van der Waals surface area contributed by atoms with E-state index in [0.717, 1.165) is 0 Å². The van der Waals surface area contributed by atoms with Crippen molar-refractivity contribution in [2.45, 2.75) is 0 Å². The number of phenols is 1. The van der Waals surface area contributed by atoms with E-state index >= 15 is 0 Å². The van der Waals surface area contributed by atoms with Crippen molar-refractivity contribution in [1.82, 2.24) is 25.1 Å². The number of hydrogen-bond acceptors (Lipinski definition) is 7. The highest BCUT2D eigenvalue weighted by molar-refractivity contribution is 5.64. The van der Waals surface area contributed by atoms with E-state index in [-0.39, 0.29) is 5.82 Å². The van der Waals surface area contributed by atoms with Crippen LogP contribution in [0.15, 0.2) is 36.8 Å². The fourth-order valence-corrected chi connectivity index (χ4v) is 1.74. The molecule has 0 saturated heterocycles. The maximum absolute atomic E-state index is 10.8. The second kappa shape index (κ2) is 4.96. The average molecular weight is 284 g/mol. The standard InChI is InChI=1S/C12H8N6O3/c19-10-2-1-7(5-9(10)18(20)21)11-15-12(17-16-11)8-6-13-3-4-14-8/h1-6,19H,(H,15,16,17). The smallest absolute Gasteiger partial charge is 0.311 e. The van der Waals surface area contributed by atoms with Gasteiger partial charge in [-0.05, 0) is 12.1 Å². The van der Waals surface area contributed by atoms with Crippen LogP contribution in [0.3, 0.4) is 0 Å². The normalized spacial score (nSPS) is 10.5. The Morgan fingerprint density at radius 3 is 2.86 bits per heavy atom. The molecule has 0 aliphatic carbocycles. The van der Waals surface area contributed by atoms with Crippen molar-refractivity contribution in [1.29, 1.82) is 0 Å². The number of aromatic amines is 1. The Hall–Kier alpha value is -3.36. The van der Waals surface area contributed by atoms with E-state index in [2.05, 4.69) is 25.1 Å². The fourth-order valence-electron chi connectivity index (χ4n) is 1.74. The zero-order valence-electron chi connectivity index (χ0n) is 10.5. The molecule has 0 saturated carbocycles. The Morgan fingerprint density at radius 1 is 1.29 bits per heavy atom. The Balaban J connectivity index is 2.01. The summed E-state index contributed by atoms with van der Waals surface area (Å²) < 4.78 is 0. The van der Waals surface area contributed by atoms with Gasteiger partial charge in [0.05, 0.1) is 11.1 Å². The Labute approximate surface area is 117 Å². The number of aromatic hydroxyl groups is 1. The molecule has 3 aromatic rings. The molecule has 0 aliphatic rings. The first-order valence-electron chi connectivity index (χ1n) is 5.82. The number of aromatic nitrogens is 5. The Bertz CT molecular complexity index is 802. The summed E-state index contributed by atoms with van der Waals surface area (Å²) in [4.78, 5) is 22.3. The molecule has 0 fully saturated rings. The van der Waals surface area contributed by atoms with E-state index in [1.807, 2.05) is 0 Å². The van der Waals surface area contributed by atoms with Crippen molar-refractivity contribution in [3.8, 4) is 28.7 Å². The molecule has 3 rings (SSSR count). The van der Waals surface area contributed by atoms with E-state index in [4.69, 9.17) is 0 Å². The number of benzene rings is 1. The van der Waals surface area contributed by atoms with Gasteiger partial charge < -0.3 is 5.11 Å². The molecular weight excluding hydrogens is 276 g/mol. The number of nitrogens with zero attached hydrogens (tertiary/aromatic N) is 5. The van der Waals surface area contributed by atoms with Gasteiger partial charge in [-0.25, -0.2) is 9.97 Å². The summed E-state index contributed by atoms with van der Waals surface area (Å²) >= 11 is 0. The zero-order valence-corrected chi connectivity index (χ0v) is 10.5. The van der Waals surface area contributed by atoms with Crippen molar-refractivity contribution < 1.29 is 10.0 Å². The molecule has 1 aromatic carbocycles. The molecule has 0 bridgehead atoms. The largest absolute Gasteiger partial charge is 0.502 e. The van der Waals surface area contributed by atoms with Gasteiger partial charge in [-0.2, -0.15) is 5.10 Å². The van der Waals surface area contributed by atoms with Crippen LogP contribution in [0.2, 0.25) is 0 Å². The summed E-state index contributed by atoms with van der Waals surface area (Å²) in [5, 5.41) is 26.9. The lowest BCUT2D eigenvalue weighted by molar-refractivity contribution is -0.385. The maximum atomic E-state index is 10.8. The molecule has 2 aromatic heterocycles. The van der Waals surface area contributed by atoms with Crippen LogP contribution in [0.4, 0.5) is 5.69 Å². The number of nitro groups is 1. The molecule has 21 heavy (non-hydrogen) atoms. The monoisotopic (exact) mass is 284 g/mol. The van der Waals surface area contributed by atoms with Gasteiger partial charge in [0.2, 0.25) is 0 Å². The molecule has 0 unspecified atom stereocenters. The van der Waals surface area contributed by atoms with Crippen LogP contribution >= 0.6 is 0 Å². The number of phenolic OH excluding ortho intramolecular Hbond substituents is 1. The minimum absolute atomic E-state index is 0.263. The number of nitro benzene ring substituents is 1. The first kappa shape index (κ1) is 12.7. The van der Waals surface area contributed by atoms with Crippen molar-refractivity contribution in [2.75, 3.05) is 0 Å². The molecule has 0 amide bonds. The van der Waals surface area contributed by atoms with Crippen LogP contribution in [0.5, 0.6) is 5.75 Å². The number of nitrogens with one attached hydrogen (secondary N) is 1. The SMILES string of the molecule is O=[N+]([O-])c1cc(-c2n[nH]c(-c3cnccn3)n2)ccc1O. The molecule has 0 aliphatic heterocycles. The molecular formula is C12H8N6O3. The van der Waals surface area contributed by atoms with E-state index in [1.165, 1.54) is 36.8 Å². The van der Waals surface area contributed by atoms with Crippen LogP contribution in [0, 0.1) is 10.1 Å². The van der Waals surface area contributed by atoms with Crippen molar-refractivity contribution in [3.05, 3.63) is 46.9 Å². The van der Waals surface area contributed by atoms with Gasteiger partial charge in [0.1, 0.15) is 5.69 Å². The first-order valence-corrected chi connectivity index (χ1v) is 5.82. The molecule has 0 spiro atoms. The van der Waals surface area contributed by atoms with Crippen LogP contribution in [0.1, 0.15) is 0 Å². The molecule has 104 valence electrons. The summed E-state index contributed by atoms with van der Waals surface area (Å²) in [6.45, 7) is 0. The van der Waals surface area contributed by atoms with Gasteiger partial charge in [-0.15, -0.1) is 0 Å². The van der Waals surface area contributed by atoms with Gasteiger partial charge in [0.15, 0.2) is 17.4 Å². The molecule has 9 heteroatoms. The third kappa shape index (κ3) is 2.39. The van der Waals surface area contributed by atoms with Crippen molar-refractivity contribution >= 4 is 5.69 Å². The molecule has 2 N–H and O–H groups in total. The molecule has 0 radical (unpaired) electrons.